The van der Waals surface area contributed by atoms with Gasteiger partial charge in [-0.2, -0.15) is 0 Å². The maximum atomic E-state index is 10.6. The van der Waals surface area contributed by atoms with Crippen molar-refractivity contribution in [3.63, 3.8) is 0 Å². The third kappa shape index (κ3) is 2.37. The van der Waals surface area contributed by atoms with Gasteiger partial charge in [-0.25, -0.2) is 9.19 Å². The summed E-state index contributed by atoms with van der Waals surface area (Å²) in [5.74, 6) is 0. The largest absolute Gasteiger partial charge is 1.00 e. The van der Waals surface area contributed by atoms with Gasteiger partial charge < -0.3 is 5.98 Å². The Kier molecular flexibility index (Phi) is 4.03. The minimum absolute atomic E-state index is 0. The molecule has 2 aromatic rings. The van der Waals surface area contributed by atoms with E-state index in [0.717, 1.165) is 10.2 Å². The number of thiazole rings is 1. The maximum Gasteiger partial charge on any atom is 1.00 e. The Morgan fingerprint density at radius 2 is 2.15 bits per heavy atom. The minimum atomic E-state index is -1.95. The molecular formula is C7H6NNaO2S2. The summed E-state index contributed by atoms with van der Waals surface area (Å²) in [5, 5.41) is 0. The molecule has 1 atom stereocenters. The molecule has 1 N–H and O–H groups in total. The number of para-hydroxylation sites is 1. The number of hydrogen-bond acceptors (Lipinski definition) is 3. The van der Waals surface area contributed by atoms with Gasteiger partial charge in [-0.15, -0.1) is 11.3 Å². The van der Waals surface area contributed by atoms with Gasteiger partial charge in [0.05, 0.1) is 10.2 Å². The van der Waals surface area contributed by atoms with Crippen LogP contribution in [0.25, 0.3) is 10.2 Å². The first kappa shape index (κ1) is 11.3. The van der Waals surface area contributed by atoms with Crippen LogP contribution in [0.4, 0.5) is 0 Å². The van der Waals surface area contributed by atoms with Crippen molar-refractivity contribution in [1.29, 1.82) is 0 Å². The standard InChI is InChI=1S/C7H5NO2S2.Na.H/c9-12(10)7-8-5-3-1-2-4-6(5)11-7;;/h1-4H,(H,9,10);;/q;+1;-1. The predicted molar refractivity (Wildman–Crippen MR) is 49.8 cm³/mol. The van der Waals surface area contributed by atoms with Crippen LogP contribution in [0.1, 0.15) is 1.43 Å². The van der Waals surface area contributed by atoms with E-state index in [2.05, 4.69) is 4.98 Å². The molecular weight excluding hydrogens is 217 g/mol. The van der Waals surface area contributed by atoms with Gasteiger partial charge in [0.15, 0.2) is 0 Å². The molecule has 0 spiro atoms. The van der Waals surface area contributed by atoms with Crippen LogP contribution in [0.5, 0.6) is 0 Å². The van der Waals surface area contributed by atoms with Crippen LogP contribution in [0, 0.1) is 0 Å². The molecule has 0 saturated heterocycles. The Morgan fingerprint density at radius 1 is 1.46 bits per heavy atom. The molecule has 0 fully saturated rings. The van der Waals surface area contributed by atoms with Crippen molar-refractivity contribution in [1.82, 2.24) is 4.98 Å². The van der Waals surface area contributed by atoms with Gasteiger partial charge in [0.1, 0.15) is 0 Å². The molecule has 13 heavy (non-hydrogen) atoms. The summed E-state index contributed by atoms with van der Waals surface area (Å²) >= 11 is -0.710. The van der Waals surface area contributed by atoms with Crippen LogP contribution in [0.3, 0.4) is 0 Å². The van der Waals surface area contributed by atoms with Gasteiger partial charge in [0.2, 0.25) is 15.4 Å². The topological polar surface area (TPSA) is 50.2 Å². The fourth-order valence-corrected chi connectivity index (χ4v) is 2.35. The van der Waals surface area contributed by atoms with Gasteiger partial charge in [-0.3, -0.25) is 0 Å². The second kappa shape index (κ2) is 4.63. The first-order valence-electron chi connectivity index (χ1n) is 3.24. The zero-order valence-corrected chi connectivity index (χ0v) is 10.6. The normalized spacial score (nSPS) is 12.4. The zero-order valence-electron chi connectivity index (χ0n) is 7.93. The van der Waals surface area contributed by atoms with Crippen LogP contribution in [0.15, 0.2) is 28.6 Å². The van der Waals surface area contributed by atoms with Gasteiger partial charge in [0.25, 0.3) is 0 Å². The second-order valence-electron chi connectivity index (χ2n) is 2.20. The average molecular weight is 223 g/mol. The molecule has 1 aromatic carbocycles. The molecule has 0 aliphatic heterocycles. The van der Waals surface area contributed by atoms with Gasteiger partial charge >= 0.3 is 29.6 Å². The summed E-state index contributed by atoms with van der Waals surface area (Å²) in [4.78, 5) is 3.98. The molecule has 0 aliphatic rings. The van der Waals surface area contributed by atoms with Crippen molar-refractivity contribution in [2.24, 2.45) is 0 Å². The first-order chi connectivity index (χ1) is 5.77. The average Bonchev–Trinajstić information content (AvgIpc) is 2.46. The van der Waals surface area contributed by atoms with Crippen molar-refractivity contribution in [2.45, 2.75) is 4.34 Å². The Bertz CT molecular complexity index is 415. The van der Waals surface area contributed by atoms with Crippen molar-refractivity contribution in [3.05, 3.63) is 24.3 Å². The Labute approximate surface area is 105 Å². The van der Waals surface area contributed by atoms with Crippen molar-refractivity contribution in [2.75, 3.05) is 0 Å². The van der Waals surface area contributed by atoms with E-state index in [1.54, 1.807) is 0 Å². The molecule has 0 amide bonds. The van der Waals surface area contributed by atoms with Gasteiger partial charge in [-0.1, -0.05) is 12.1 Å². The van der Waals surface area contributed by atoms with Crippen molar-refractivity contribution >= 4 is 32.6 Å². The van der Waals surface area contributed by atoms with E-state index in [0.29, 0.717) is 0 Å². The summed E-state index contributed by atoms with van der Waals surface area (Å²) < 4.78 is 20.6. The number of rotatable bonds is 1. The van der Waals surface area contributed by atoms with Crippen LogP contribution in [-0.2, 0) is 11.1 Å². The van der Waals surface area contributed by atoms with Crippen molar-refractivity contribution in [3.8, 4) is 0 Å². The van der Waals surface area contributed by atoms with Crippen LogP contribution in [-0.4, -0.2) is 13.7 Å². The molecule has 0 bridgehead atoms. The fraction of sp³-hybridized carbons (Fsp3) is 0. The summed E-state index contributed by atoms with van der Waals surface area (Å²) in [6.45, 7) is 0. The van der Waals surface area contributed by atoms with Crippen LogP contribution < -0.4 is 29.6 Å². The molecule has 1 heterocycles. The fourth-order valence-electron chi connectivity index (χ4n) is 0.926. The van der Waals surface area contributed by atoms with E-state index in [-0.39, 0.29) is 35.3 Å². The van der Waals surface area contributed by atoms with Gasteiger partial charge in [0, 0.05) is 0 Å². The predicted octanol–water partition coefficient (Wildman–Crippen LogP) is -1.01. The quantitative estimate of drug-likeness (QED) is 0.498. The monoisotopic (exact) mass is 223 g/mol. The van der Waals surface area contributed by atoms with E-state index in [1.807, 2.05) is 24.3 Å². The Balaban J connectivity index is 0.000000845. The third-order valence-corrected chi connectivity index (χ3v) is 3.32. The number of nitrogens with zero attached hydrogens (tertiary/aromatic N) is 1. The number of aromatic nitrogens is 1. The number of fused-ring (bicyclic) bond motifs is 1. The molecule has 1 aromatic heterocycles. The molecule has 6 heteroatoms. The van der Waals surface area contributed by atoms with Gasteiger partial charge in [-0.05, 0) is 12.1 Å². The van der Waals surface area contributed by atoms with Crippen molar-refractivity contribution < 1.29 is 39.7 Å². The molecule has 0 aliphatic carbocycles. The smallest absolute Gasteiger partial charge is 1.00 e. The molecule has 64 valence electrons. The third-order valence-electron chi connectivity index (χ3n) is 1.42. The number of benzene rings is 1. The van der Waals surface area contributed by atoms with Crippen LogP contribution >= 0.6 is 11.3 Å². The van der Waals surface area contributed by atoms with E-state index in [1.165, 1.54) is 11.3 Å². The molecule has 0 saturated carbocycles. The maximum absolute atomic E-state index is 10.6. The Hall–Kier alpha value is 0.220. The molecule has 1 unspecified atom stereocenters. The molecule has 2 rings (SSSR count). The molecule has 0 radical (unpaired) electrons. The minimum Gasteiger partial charge on any atom is -1.00 e. The van der Waals surface area contributed by atoms with Crippen LogP contribution in [0.2, 0.25) is 0 Å². The molecule has 3 nitrogen and oxygen atoms in total. The summed E-state index contributed by atoms with van der Waals surface area (Å²) in [7, 11) is 0. The first-order valence-corrected chi connectivity index (χ1v) is 5.16. The summed E-state index contributed by atoms with van der Waals surface area (Å²) in [5.41, 5.74) is 0.778. The van der Waals surface area contributed by atoms with E-state index < -0.39 is 11.1 Å². The summed E-state index contributed by atoms with van der Waals surface area (Å²) in [6.07, 6.45) is 0. The van der Waals surface area contributed by atoms with E-state index >= 15 is 0 Å². The Morgan fingerprint density at radius 3 is 2.77 bits per heavy atom. The summed E-state index contributed by atoms with van der Waals surface area (Å²) in [6, 6.07) is 7.43. The SMILES string of the molecule is O=S(O)c1nc2ccccc2s1.[H-].[Na+]. The number of hydrogen-bond donors (Lipinski definition) is 1. The van der Waals surface area contributed by atoms with E-state index in [9.17, 15) is 4.21 Å². The van der Waals surface area contributed by atoms with E-state index in [4.69, 9.17) is 4.55 Å². The second-order valence-corrected chi connectivity index (χ2v) is 4.37. The zero-order chi connectivity index (χ0) is 8.55.